The van der Waals surface area contributed by atoms with E-state index in [0.717, 1.165) is 17.2 Å². The minimum Gasteiger partial charge on any atom is -0.293 e. The van der Waals surface area contributed by atoms with E-state index in [1.54, 1.807) is 23.5 Å². The summed E-state index contributed by atoms with van der Waals surface area (Å²) in [4.78, 5) is 13.1. The molecule has 0 aliphatic heterocycles. The second-order valence-electron chi connectivity index (χ2n) is 4.39. The molecule has 17 heavy (non-hydrogen) atoms. The summed E-state index contributed by atoms with van der Waals surface area (Å²) in [6.45, 7) is 4.42. The van der Waals surface area contributed by atoms with Crippen LogP contribution in [0.15, 0.2) is 29.2 Å². The third-order valence-corrected chi connectivity index (χ3v) is 4.22. The van der Waals surface area contributed by atoms with Gasteiger partial charge >= 0.3 is 0 Å². The summed E-state index contributed by atoms with van der Waals surface area (Å²) in [7, 11) is 0. The monoisotopic (exact) mass is 268 g/mol. The van der Waals surface area contributed by atoms with Crippen molar-refractivity contribution in [3.63, 3.8) is 0 Å². The molecule has 0 bridgehead atoms. The third-order valence-electron chi connectivity index (χ3n) is 2.48. The van der Waals surface area contributed by atoms with Crippen LogP contribution in [0.1, 0.15) is 30.6 Å². The average molecular weight is 268 g/mol. The number of hydrogen-bond acceptors (Lipinski definition) is 3. The van der Waals surface area contributed by atoms with Crippen molar-refractivity contribution >= 4 is 29.3 Å². The smallest absolute Gasteiger partial charge is 0.172 e. The Labute approximate surface area is 113 Å². The summed E-state index contributed by atoms with van der Waals surface area (Å²) in [5, 5.41) is 0. The lowest BCUT2D eigenvalue weighted by atomic mass is 10.1. The summed E-state index contributed by atoms with van der Waals surface area (Å²) >= 11 is 3.44. The van der Waals surface area contributed by atoms with Crippen molar-refractivity contribution in [3.8, 4) is 0 Å². The number of benzene rings is 1. The largest absolute Gasteiger partial charge is 0.293 e. The zero-order valence-electron chi connectivity index (χ0n) is 10.7. The molecule has 0 heterocycles. The van der Waals surface area contributed by atoms with Crippen molar-refractivity contribution in [2.75, 3.05) is 17.8 Å². The fourth-order valence-corrected chi connectivity index (χ4v) is 2.89. The molecule has 0 N–H and O–H groups in total. The zero-order chi connectivity index (χ0) is 12.7. The van der Waals surface area contributed by atoms with Crippen LogP contribution in [0.3, 0.4) is 0 Å². The predicted molar refractivity (Wildman–Crippen MR) is 79.3 cm³/mol. The topological polar surface area (TPSA) is 17.1 Å². The summed E-state index contributed by atoms with van der Waals surface area (Å²) in [6, 6.07) is 7.88. The van der Waals surface area contributed by atoms with Gasteiger partial charge < -0.3 is 0 Å². The van der Waals surface area contributed by atoms with Crippen molar-refractivity contribution < 1.29 is 4.79 Å². The van der Waals surface area contributed by atoms with E-state index >= 15 is 0 Å². The number of carbonyl (C=O) groups is 1. The van der Waals surface area contributed by atoms with Gasteiger partial charge in [-0.05, 0) is 36.5 Å². The van der Waals surface area contributed by atoms with Gasteiger partial charge in [0.2, 0.25) is 0 Å². The normalized spacial score (nSPS) is 10.8. The molecule has 1 nitrogen and oxygen atoms in total. The molecule has 0 amide bonds. The van der Waals surface area contributed by atoms with E-state index in [0.29, 0.717) is 5.75 Å². The quantitative estimate of drug-likeness (QED) is 0.415. The number of rotatable bonds is 7. The maximum Gasteiger partial charge on any atom is 0.172 e. The van der Waals surface area contributed by atoms with Crippen LogP contribution in [0.25, 0.3) is 0 Å². The molecule has 0 unspecified atom stereocenters. The molecule has 1 aromatic carbocycles. The van der Waals surface area contributed by atoms with Crippen LogP contribution in [-0.2, 0) is 0 Å². The van der Waals surface area contributed by atoms with Gasteiger partial charge in [0.25, 0.3) is 0 Å². The van der Waals surface area contributed by atoms with Gasteiger partial charge in [-0.15, -0.1) is 11.8 Å². The maximum atomic E-state index is 11.9. The Balaban J connectivity index is 2.36. The van der Waals surface area contributed by atoms with E-state index in [1.165, 1.54) is 11.3 Å². The van der Waals surface area contributed by atoms with Gasteiger partial charge in [0.15, 0.2) is 5.78 Å². The van der Waals surface area contributed by atoms with Crippen molar-refractivity contribution in [1.82, 2.24) is 0 Å². The van der Waals surface area contributed by atoms with Crippen LogP contribution < -0.4 is 0 Å². The zero-order valence-corrected chi connectivity index (χ0v) is 12.4. The first-order valence-electron chi connectivity index (χ1n) is 5.88. The number of Topliss-reactive ketones (excluding diaryl/α,β-unsaturated/α-hetero) is 1. The molecule has 1 rings (SSSR count). The average Bonchev–Trinajstić information content (AvgIpc) is 2.34. The highest BCUT2D eigenvalue weighted by molar-refractivity contribution is 8.00. The fourth-order valence-electron chi connectivity index (χ4n) is 1.34. The second kappa shape index (κ2) is 7.83. The van der Waals surface area contributed by atoms with E-state index in [9.17, 15) is 4.79 Å². The van der Waals surface area contributed by atoms with Crippen LogP contribution in [0.5, 0.6) is 0 Å². The van der Waals surface area contributed by atoms with Crippen molar-refractivity contribution in [3.05, 3.63) is 29.8 Å². The SMILES string of the molecule is CSc1ccc(C(=O)CSCCC(C)C)cc1. The number of ketones is 1. The molecule has 0 atom stereocenters. The lowest BCUT2D eigenvalue weighted by Crippen LogP contribution is -2.03. The third kappa shape index (κ3) is 5.64. The van der Waals surface area contributed by atoms with Gasteiger partial charge in [-0.25, -0.2) is 0 Å². The van der Waals surface area contributed by atoms with E-state index in [-0.39, 0.29) is 5.78 Å². The Morgan fingerprint density at radius 3 is 2.41 bits per heavy atom. The Bertz CT molecular complexity index is 344. The first-order valence-corrected chi connectivity index (χ1v) is 8.26. The molecule has 1 aromatic rings. The summed E-state index contributed by atoms with van der Waals surface area (Å²) in [6.07, 6.45) is 3.22. The molecule has 0 aliphatic carbocycles. The highest BCUT2D eigenvalue weighted by Gasteiger charge is 2.05. The lowest BCUT2D eigenvalue weighted by molar-refractivity contribution is 0.102. The molecular formula is C14H20OS2. The van der Waals surface area contributed by atoms with Gasteiger partial charge in [0.1, 0.15) is 0 Å². The van der Waals surface area contributed by atoms with Crippen LogP contribution in [0, 0.1) is 5.92 Å². The number of thioether (sulfide) groups is 2. The summed E-state index contributed by atoms with van der Waals surface area (Å²) < 4.78 is 0. The van der Waals surface area contributed by atoms with E-state index < -0.39 is 0 Å². The molecular weight excluding hydrogens is 248 g/mol. The molecule has 0 aliphatic rings. The second-order valence-corrected chi connectivity index (χ2v) is 6.37. The highest BCUT2D eigenvalue weighted by atomic mass is 32.2. The highest BCUT2D eigenvalue weighted by Crippen LogP contribution is 2.16. The van der Waals surface area contributed by atoms with Crippen LogP contribution in [0.4, 0.5) is 0 Å². The molecule has 0 spiro atoms. The molecule has 0 aromatic heterocycles. The standard InChI is InChI=1S/C14H20OS2/c1-11(2)8-9-17-10-14(15)12-4-6-13(16-3)7-5-12/h4-7,11H,8-10H2,1-3H3. The minimum absolute atomic E-state index is 0.242. The van der Waals surface area contributed by atoms with Gasteiger partial charge in [0.05, 0.1) is 5.75 Å². The van der Waals surface area contributed by atoms with Crippen LogP contribution in [-0.4, -0.2) is 23.5 Å². The van der Waals surface area contributed by atoms with Crippen LogP contribution in [0.2, 0.25) is 0 Å². The van der Waals surface area contributed by atoms with Gasteiger partial charge in [-0.3, -0.25) is 4.79 Å². The summed E-state index contributed by atoms with van der Waals surface area (Å²) in [5.41, 5.74) is 0.833. The molecule has 94 valence electrons. The van der Waals surface area contributed by atoms with E-state index in [2.05, 4.69) is 13.8 Å². The Morgan fingerprint density at radius 2 is 1.88 bits per heavy atom. The van der Waals surface area contributed by atoms with Gasteiger partial charge in [-0.1, -0.05) is 26.0 Å². The molecule has 0 saturated carbocycles. The maximum absolute atomic E-state index is 11.9. The van der Waals surface area contributed by atoms with Crippen LogP contribution >= 0.6 is 23.5 Å². The first-order chi connectivity index (χ1) is 8.13. The molecule has 3 heteroatoms. The molecule has 0 fully saturated rings. The summed E-state index contributed by atoms with van der Waals surface area (Å²) in [5.74, 6) is 2.64. The van der Waals surface area contributed by atoms with Crippen molar-refractivity contribution in [2.24, 2.45) is 5.92 Å². The Morgan fingerprint density at radius 1 is 1.24 bits per heavy atom. The van der Waals surface area contributed by atoms with Gasteiger partial charge in [0, 0.05) is 10.5 Å². The minimum atomic E-state index is 0.242. The fraction of sp³-hybridized carbons (Fsp3) is 0.500. The predicted octanol–water partition coefficient (Wildman–Crippen LogP) is 4.37. The van der Waals surface area contributed by atoms with E-state index in [4.69, 9.17) is 0 Å². The Kier molecular flexibility index (Phi) is 6.75. The lowest BCUT2D eigenvalue weighted by Gasteiger charge is -2.04. The van der Waals surface area contributed by atoms with E-state index in [1.807, 2.05) is 30.5 Å². The number of hydrogen-bond donors (Lipinski definition) is 0. The van der Waals surface area contributed by atoms with Crippen molar-refractivity contribution in [2.45, 2.75) is 25.2 Å². The molecule has 0 radical (unpaired) electrons. The molecule has 0 saturated heterocycles. The Hall–Kier alpha value is -0.410. The van der Waals surface area contributed by atoms with Crippen molar-refractivity contribution in [1.29, 1.82) is 0 Å². The number of carbonyl (C=O) groups excluding carboxylic acids is 1. The van der Waals surface area contributed by atoms with Gasteiger partial charge in [-0.2, -0.15) is 11.8 Å². The first kappa shape index (κ1) is 14.7.